The highest BCUT2D eigenvalue weighted by Crippen LogP contribution is 2.13. The Morgan fingerprint density at radius 1 is 1.43 bits per heavy atom. The van der Waals surface area contributed by atoms with Crippen LogP contribution in [0, 0.1) is 11.8 Å². The molecular weight excluding hydrogens is 298 g/mol. The van der Waals surface area contributed by atoms with Gasteiger partial charge in [0.25, 0.3) is 11.8 Å². The molecule has 1 aromatic rings. The lowest BCUT2D eigenvalue weighted by Gasteiger charge is -2.29. The van der Waals surface area contributed by atoms with E-state index in [1.165, 1.54) is 43.6 Å². The number of hydrogen-bond acceptors (Lipinski definition) is 5. The Bertz CT molecular complexity index is 701. The third-order valence-electron chi connectivity index (χ3n) is 2.91. The van der Waals surface area contributed by atoms with Crippen molar-refractivity contribution in [1.82, 2.24) is 10.8 Å². The molecule has 0 aromatic heterocycles. The Balaban J connectivity index is 2.73. The third-order valence-corrected chi connectivity index (χ3v) is 2.91. The van der Waals surface area contributed by atoms with Crippen LogP contribution in [0.25, 0.3) is 0 Å². The average molecular weight is 322 g/mol. The molecule has 0 aliphatic rings. The van der Waals surface area contributed by atoms with Gasteiger partial charge in [-0.3, -0.25) is 14.8 Å². The van der Waals surface area contributed by atoms with Gasteiger partial charge in [0.15, 0.2) is 0 Å². The Labute approximate surface area is 139 Å². The Morgan fingerprint density at radius 2 is 2.09 bits per heavy atom. The summed E-state index contributed by atoms with van der Waals surface area (Å²) in [6.07, 6.45) is 0. The van der Waals surface area contributed by atoms with Crippen molar-refractivity contribution < 1.29 is 23.6 Å². The lowest BCUT2D eigenvalue weighted by molar-refractivity contribution is -0.132. The summed E-state index contributed by atoms with van der Waals surface area (Å²) in [7, 11) is 0. The highest BCUT2D eigenvalue weighted by atomic mass is 16.5. The van der Waals surface area contributed by atoms with Crippen LogP contribution in [-0.2, 0) is 4.79 Å². The fourth-order valence-corrected chi connectivity index (χ4v) is 1.73. The SMILES string of the molecule is [2H]C([2H])([2H])C#CCOc1ccc(C(=O)N[C@H](C(=O)NO)C(C)(C)N)cc1. The second-order valence-corrected chi connectivity index (χ2v) is 5.32. The van der Waals surface area contributed by atoms with Crippen molar-refractivity contribution in [1.29, 1.82) is 0 Å². The third kappa shape index (κ3) is 5.62. The molecule has 0 saturated heterocycles. The number of rotatable bonds is 6. The Hall–Kier alpha value is -2.56. The van der Waals surface area contributed by atoms with E-state index in [0.717, 1.165) is 0 Å². The number of amides is 2. The predicted molar refractivity (Wildman–Crippen MR) is 84.8 cm³/mol. The molecule has 0 bridgehead atoms. The lowest BCUT2D eigenvalue weighted by Crippen LogP contribution is -2.61. The number of carbonyl (C=O) groups excluding carboxylic acids is 2. The van der Waals surface area contributed by atoms with Gasteiger partial charge in [-0.2, -0.15) is 0 Å². The molecule has 1 aromatic carbocycles. The molecule has 5 N–H and O–H groups in total. The molecule has 124 valence electrons. The number of hydrogen-bond donors (Lipinski definition) is 4. The zero-order chi connectivity index (χ0) is 20.0. The van der Waals surface area contributed by atoms with E-state index in [-0.39, 0.29) is 12.2 Å². The molecule has 1 atom stereocenters. The van der Waals surface area contributed by atoms with E-state index < -0.39 is 30.2 Å². The van der Waals surface area contributed by atoms with E-state index in [0.29, 0.717) is 5.75 Å². The molecule has 1 rings (SSSR count). The Kier molecular flexibility index (Phi) is 5.00. The van der Waals surface area contributed by atoms with Gasteiger partial charge < -0.3 is 15.8 Å². The Morgan fingerprint density at radius 3 is 2.61 bits per heavy atom. The molecule has 0 radical (unpaired) electrons. The zero-order valence-electron chi connectivity index (χ0n) is 15.8. The fraction of sp³-hybridized carbons (Fsp3) is 0.375. The highest BCUT2D eigenvalue weighted by Gasteiger charge is 2.33. The maximum atomic E-state index is 12.3. The fourth-order valence-electron chi connectivity index (χ4n) is 1.73. The minimum absolute atomic E-state index is 0.107. The number of benzene rings is 1. The van der Waals surface area contributed by atoms with Crippen molar-refractivity contribution in [2.75, 3.05) is 6.61 Å². The molecule has 0 saturated carbocycles. The van der Waals surface area contributed by atoms with Crippen LogP contribution in [0.15, 0.2) is 24.3 Å². The summed E-state index contributed by atoms with van der Waals surface area (Å²) < 4.78 is 26.1. The lowest BCUT2D eigenvalue weighted by atomic mass is 9.95. The quantitative estimate of drug-likeness (QED) is 0.344. The van der Waals surface area contributed by atoms with Crippen LogP contribution in [0.3, 0.4) is 0 Å². The average Bonchev–Trinajstić information content (AvgIpc) is 2.54. The summed E-state index contributed by atoms with van der Waals surface area (Å²) in [5, 5.41) is 11.2. The smallest absolute Gasteiger partial charge is 0.267 e. The van der Waals surface area contributed by atoms with Gasteiger partial charge in [0, 0.05) is 15.2 Å². The maximum Gasteiger partial charge on any atom is 0.267 e. The van der Waals surface area contributed by atoms with Crippen LogP contribution >= 0.6 is 0 Å². The van der Waals surface area contributed by atoms with Gasteiger partial charge in [0.1, 0.15) is 18.4 Å². The van der Waals surface area contributed by atoms with Crippen LogP contribution in [0.2, 0.25) is 0 Å². The largest absolute Gasteiger partial charge is 0.481 e. The summed E-state index contributed by atoms with van der Waals surface area (Å²) in [6.45, 7) is 0.623. The topological polar surface area (TPSA) is 114 Å². The summed E-state index contributed by atoms with van der Waals surface area (Å²) in [4.78, 5) is 23.9. The van der Waals surface area contributed by atoms with Crippen molar-refractivity contribution >= 4 is 11.8 Å². The van der Waals surface area contributed by atoms with Crippen molar-refractivity contribution in [3.63, 3.8) is 0 Å². The van der Waals surface area contributed by atoms with Crippen molar-refractivity contribution in [3.05, 3.63) is 29.8 Å². The molecule has 7 heteroatoms. The number of carbonyl (C=O) groups is 2. The van der Waals surface area contributed by atoms with Gasteiger partial charge >= 0.3 is 0 Å². The first kappa shape index (κ1) is 14.1. The molecule has 23 heavy (non-hydrogen) atoms. The van der Waals surface area contributed by atoms with E-state index in [9.17, 15) is 9.59 Å². The maximum absolute atomic E-state index is 12.3. The van der Waals surface area contributed by atoms with Crippen LogP contribution in [-0.4, -0.2) is 35.2 Å². The molecule has 7 nitrogen and oxygen atoms in total. The molecule has 0 fully saturated rings. The van der Waals surface area contributed by atoms with Crippen molar-refractivity contribution in [2.24, 2.45) is 5.73 Å². The standard InChI is InChI=1S/C16H21N3O4/c1-4-5-10-23-12-8-6-11(7-9-12)14(20)18-13(15(21)19-22)16(2,3)17/h6-9,13,22H,10,17H2,1-3H3,(H,18,20)(H,19,21)/t13-/m1/s1/i1D3. The van der Waals surface area contributed by atoms with Crippen molar-refractivity contribution in [2.45, 2.75) is 32.3 Å². The van der Waals surface area contributed by atoms with Gasteiger partial charge in [-0.05, 0) is 45.0 Å². The minimum Gasteiger partial charge on any atom is -0.481 e. The molecular formula is C16H21N3O4. The van der Waals surface area contributed by atoms with Crippen molar-refractivity contribution in [3.8, 4) is 17.6 Å². The first-order chi connectivity index (χ1) is 11.9. The van der Waals surface area contributed by atoms with Gasteiger partial charge in [-0.15, -0.1) is 5.92 Å². The number of ether oxygens (including phenoxy) is 1. The van der Waals surface area contributed by atoms with Crippen LogP contribution in [0.5, 0.6) is 5.75 Å². The van der Waals surface area contributed by atoms with E-state index >= 15 is 0 Å². The second kappa shape index (κ2) is 8.17. The number of nitrogens with two attached hydrogens (primary N) is 1. The molecule has 0 aliphatic carbocycles. The molecule has 0 heterocycles. The number of nitrogens with one attached hydrogen (secondary N) is 2. The molecule has 0 spiro atoms. The predicted octanol–water partition coefficient (Wildman–Crippen LogP) is 0.430. The van der Waals surface area contributed by atoms with E-state index in [1.807, 2.05) is 0 Å². The van der Waals surface area contributed by atoms with Crippen LogP contribution in [0.1, 0.15) is 35.2 Å². The van der Waals surface area contributed by atoms with Gasteiger partial charge in [-0.25, -0.2) is 5.48 Å². The van der Waals surface area contributed by atoms with E-state index in [1.54, 1.807) is 0 Å². The molecule has 0 unspecified atom stereocenters. The summed E-state index contributed by atoms with van der Waals surface area (Å²) >= 11 is 0. The first-order valence-corrected chi connectivity index (χ1v) is 6.70. The van der Waals surface area contributed by atoms with Gasteiger partial charge in [0.2, 0.25) is 0 Å². The number of hydroxylamine groups is 1. The molecule has 2 amide bonds. The summed E-state index contributed by atoms with van der Waals surface area (Å²) in [5.41, 5.74) is 6.45. The normalized spacial score (nSPS) is 14.2. The first-order valence-electron chi connectivity index (χ1n) is 8.20. The summed E-state index contributed by atoms with van der Waals surface area (Å²) in [6, 6.07) is 4.77. The summed E-state index contributed by atoms with van der Waals surface area (Å²) in [5.74, 6) is 3.44. The van der Waals surface area contributed by atoms with E-state index in [4.69, 9.17) is 19.8 Å². The van der Waals surface area contributed by atoms with Crippen LogP contribution in [0.4, 0.5) is 0 Å². The van der Waals surface area contributed by atoms with Crippen LogP contribution < -0.4 is 21.3 Å². The monoisotopic (exact) mass is 322 g/mol. The minimum atomic E-state index is -2.33. The molecule has 0 aliphatic heterocycles. The van der Waals surface area contributed by atoms with Gasteiger partial charge in [0.05, 0.1) is 0 Å². The zero-order valence-corrected chi connectivity index (χ0v) is 12.8. The second-order valence-electron chi connectivity index (χ2n) is 5.32. The van der Waals surface area contributed by atoms with E-state index in [2.05, 4.69) is 17.2 Å². The highest BCUT2D eigenvalue weighted by molar-refractivity contribution is 5.97. The van der Waals surface area contributed by atoms with Gasteiger partial charge in [-0.1, -0.05) is 5.92 Å².